The SMILES string of the molecule is [CH][N+]1=C(C)C(C)(C)c2c1ccc1ccc(S(=O)(=O)O)cc21. The average Bonchev–Trinajstić information content (AvgIpc) is 2.58. The van der Waals surface area contributed by atoms with Crippen molar-refractivity contribution in [3.05, 3.63) is 42.9 Å². The number of rotatable bonds is 1. The van der Waals surface area contributed by atoms with Crippen molar-refractivity contribution in [2.75, 3.05) is 0 Å². The molecule has 0 aromatic heterocycles. The van der Waals surface area contributed by atoms with Gasteiger partial charge in [0, 0.05) is 18.6 Å². The number of benzene rings is 2. The van der Waals surface area contributed by atoms with E-state index in [1.807, 2.05) is 32.9 Å². The Bertz CT molecular complexity index is 909. The monoisotopic (exact) mass is 302 g/mol. The molecule has 0 amide bonds. The molecule has 1 heterocycles. The Morgan fingerprint density at radius 2 is 1.81 bits per heavy atom. The van der Waals surface area contributed by atoms with Crippen LogP contribution in [0.5, 0.6) is 0 Å². The van der Waals surface area contributed by atoms with Gasteiger partial charge in [0.15, 0.2) is 5.71 Å². The molecular formula is C16H16NO3S+. The largest absolute Gasteiger partial charge is 0.295 e. The van der Waals surface area contributed by atoms with Crippen LogP contribution in [0.15, 0.2) is 35.2 Å². The fourth-order valence-electron chi connectivity index (χ4n) is 2.97. The van der Waals surface area contributed by atoms with Crippen LogP contribution in [0.2, 0.25) is 0 Å². The average molecular weight is 302 g/mol. The van der Waals surface area contributed by atoms with Gasteiger partial charge in [0.1, 0.15) is 0 Å². The van der Waals surface area contributed by atoms with Crippen molar-refractivity contribution < 1.29 is 17.5 Å². The van der Waals surface area contributed by atoms with E-state index in [0.717, 1.165) is 27.7 Å². The van der Waals surface area contributed by atoms with Gasteiger partial charge in [-0.3, -0.25) is 4.55 Å². The van der Waals surface area contributed by atoms with E-state index in [4.69, 9.17) is 7.05 Å². The van der Waals surface area contributed by atoms with Crippen molar-refractivity contribution in [2.24, 2.45) is 0 Å². The lowest BCUT2D eigenvalue weighted by molar-refractivity contribution is -0.366. The van der Waals surface area contributed by atoms with E-state index in [2.05, 4.69) is 0 Å². The summed E-state index contributed by atoms with van der Waals surface area (Å²) in [6, 6.07) is 8.45. The molecule has 5 heteroatoms. The highest BCUT2D eigenvalue weighted by Crippen LogP contribution is 2.43. The zero-order chi connectivity index (χ0) is 15.6. The van der Waals surface area contributed by atoms with Gasteiger partial charge in [-0.05, 0) is 42.8 Å². The number of hydrogen-bond acceptors (Lipinski definition) is 2. The summed E-state index contributed by atoms with van der Waals surface area (Å²) < 4.78 is 33.7. The quantitative estimate of drug-likeness (QED) is 0.650. The highest BCUT2D eigenvalue weighted by Gasteiger charge is 2.43. The highest BCUT2D eigenvalue weighted by atomic mass is 32.2. The van der Waals surface area contributed by atoms with Crippen molar-refractivity contribution in [3.63, 3.8) is 0 Å². The molecule has 21 heavy (non-hydrogen) atoms. The minimum absolute atomic E-state index is 0.104. The molecule has 0 unspecified atom stereocenters. The topological polar surface area (TPSA) is 57.4 Å². The molecule has 4 nitrogen and oxygen atoms in total. The molecule has 108 valence electrons. The maximum absolute atomic E-state index is 11.4. The molecule has 0 fully saturated rings. The molecule has 0 atom stereocenters. The maximum atomic E-state index is 11.4. The van der Waals surface area contributed by atoms with Crippen molar-refractivity contribution in [1.29, 1.82) is 0 Å². The summed E-state index contributed by atoms with van der Waals surface area (Å²) in [5.74, 6) is 0. The predicted octanol–water partition coefficient (Wildman–Crippen LogP) is 3.15. The number of hydrogen-bond donors (Lipinski definition) is 1. The van der Waals surface area contributed by atoms with Crippen LogP contribution in [0.1, 0.15) is 26.3 Å². The van der Waals surface area contributed by atoms with Gasteiger partial charge in [-0.25, -0.2) is 0 Å². The van der Waals surface area contributed by atoms with Gasteiger partial charge in [-0.2, -0.15) is 13.0 Å². The Hall–Kier alpha value is -1.72. The summed E-state index contributed by atoms with van der Waals surface area (Å²) in [6.45, 7) is 6.06. The Kier molecular flexibility index (Phi) is 2.81. The van der Waals surface area contributed by atoms with Crippen LogP contribution < -0.4 is 0 Å². The maximum Gasteiger partial charge on any atom is 0.295 e. The lowest BCUT2D eigenvalue weighted by Crippen LogP contribution is -2.25. The van der Waals surface area contributed by atoms with E-state index in [9.17, 15) is 13.0 Å². The van der Waals surface area contributed by atoms with Gasteiger partial charge in [-0.1, -0.05) is 6.07 Å². The van der Waals surface area contributed by atoms with Crippen LogP contribution in [-0.2, 0) is 15.5 Å². The number of nitrogens with zero attached hydrogens (tertiary/aromatic N) is 1. The second kappa shape index (κ2) is 4.15. The first kappa shape index (κ1) is 14.2. The lowest BCUT2D eigenvalue weighted by atomic mass is 9.80. The molecule has 0 saturated heterocycles. The van der Waals surface area contributed by atoms with Crippen molar-refractivity contribution in [1.82, 2.24) is 0 Å². The van der Waals surface area contributed by atoms with Crippen LogP contribution in [0, 0.1) is 7.05 Å². The third-order valence-electron chi connectivity index (χ3n) is 4.42. The molecule has 1 aliphatic rings. The normalized spacial score (nSPS) is 17.4. The van der Waals surface area contributed by atoms with Gasteiger partial charge >= 0.3 is 0 Å². The molecule has 1 aliphatic heterocycles. The smallest absolute Gasteiger partial charge is 0.282 e. The Labute approximate surface area is 124 Å². The number of fused-ring (bicyclic) bond motifs is 3. The van der Waals surface area contributed by atoms with E-state index in [1.165, 1.54) is 12.1 Å². The Balaban J connectivity index is 2.44. The molecule has 0 aliphatic carbocycles. The Morgan fingerprint density at radius 3 is 2.43 bits per heavy atom. The van der Waals surface area contributed by atoms with E-state index < -0.39 is 10.1 Å². The van der Waals surface area contributed by atoms with Gasteiger partial charge in [0.2, 0.25) is 5.69 Å². The van der Waals surface area contributed by atoms with Crippen molar-refractivity contribution in [3.8, 4) is 0 Å². The van der Waals surface area contributed by atoms with E-state index >= 15 is 0 Å². The molecular weight excluding hydrogens is 286 g/mol. The molecule has 2 aromatic rings. The van der Waals surface area contributed by atoms with Gasteiger partial charge < -0.3 is 0 Å². The zero-order valence-corrected chi connectivity index (χ0v) is 12.9. The van der Waals surface area contributed by atoms with Crippen LogP contribution in [0.25, 0.3) is 10.8 Å². The van der Waals surface area contributed by atoms with Crippen molar-refractivity contribution in [2.45, 2.75) is 31.1 Å². The zero-order valence-electron chi connectivity index (χ0n) is 12.1. The summed E-state index contributed by atoms with van der Waals surface area (Å²) in [7, 11) is 1.88. The van der Waals surface area contributed by atoms with Crippen LogP contribution in [0.3, 0.4) is 0 Å². The Morgan fingerprint density at radius 1 is 1.19 bits per heavy atom. The van der Waals surface area contributed by atoms with Crippen LogP contribution in [0.4, 0.5) is 5.69 Å². The third-order valence-corrected chi connectivity index (χ3v) is 5.27. The second-order valence-electron chi connectivity index (χ2n) is 5.90. The third kappa shape index (κ3) is 1.92. The van der Waals surface area contributed by atoms with Crippen LogP contribution >= 0.6 is 0 Å². The molecule has 0 bridgehead atoms. The van der Waals surface area contributed by atoms with E-state index in [0.29, 0.717) is 0 Å². The van der Waals surface area contributed by atoms with Gasteiger partial charge in [0.25, 0.3) is 17.2 Å². The summed E-state index contributed by atoms with van der Waals surface area (Å²) in [4.78, 5) is -0.104. The van der Waals surface area contributed by atoms with E-state index in [-0.39, 0.29) is 10.3 Å². The lowest BCUT2D eigenvalue weighted by Gasteiger charge is -2.17. The van der Waals surface area contributed by atoms with Gasteiger partial charge in [0.05, 0.1) is 10.3 Å². The molecule has 1 N–H and O–H groups in total. The summed E-state index contributed by atoms with van der Waals surface area (Å²) in [5, 5.41) is 1.71. The fraction of sp³-hybridized carbons (Fsp3) is 0.250. The molecule has 0 saturated carbocycles. The second-order valence-corrected chi connectivity index (χ2v) is 7.32. The summed E-state index contributed by atoms with van der Waals surface area (Å²) >= 11 is 0. The molecule has 2 aromatic carbocycles. The molecule has 0 spiro atoms. The highest BCUT2D eigenvalue weighted by molar-refractivity contribution is 7.85. The summed E-state index contributed by atoms with van der Waals surface area (Å²) in [5.41, 5.74) is 2.52. The molecule has 2 radical (unpaired) electrons. The predicted molar refractivity (Wildman–Crippen MR) is 81.7 cm³/mol. The van der Waals surface area contributed by atoms with Crippen LogP contribution in [-0.4, -0.2) is 23.3 Å². The first-order chi connectivity index (χ1) is 9.64. The minimum atomic E-state index is -4.23. The van der Waals surface area contributed by atoms with E-state index in [1.54, 1.807) is 10.6 Å². The fourth-order valence-corrected chi connectivity index (χ4v) is 3.47. The van der Waals surface area contributed by atoms with Crippen molar-refractivity contribution >= 4 is 32.3 Å². The summed E-state index contributed by atoms with van der Waals surface area (Å²) in [6.07, 6.45) is 0. The van der Waals surface area contributed by atoms with Gasteiger partial charge in [-0.15, -0.1) is 0 Å². The first-order valence-corrected chi connectivity index (χ1v) is 8.01. The first-order valence-electron chi connectivity index (χ1n) is 6.57. The molecule has 3 rings (SSSR count). The standard InChI is InChI=1S/C16H16NO3S/c1-10-16(2,3)15-13-9-12(21(18,19)20)7-5-11(13)6-8-14(15)17(10)4/h4-9H,1-3H3,(H,18,19,20)/q+1. The minimum Gasteiger partial charge on any atom is -0.282 e.